The third-order valence-corrected chi connectivity index (χ3v) is 4.73. The first-order chi connectivity index (χ1) is 10.1. The van der Waals surface area contributed by atoms with Crippen LogP contribution >= 0.6 is 11.6 Å². The molecule has 1 N–H and O–H groups in total. The van der Waals surface area contributed by atoms with Gasteiger partial charge in [-0.25, -0.2) is 0 Å². The van der Waals surface area contributed by atoms with Crippen LogP contribution in [0, 0.1) is 19.8 Å². The van der Waals surface area contributed by atoms with Crippen molar-refractivity contribution in [3.05, 3.63) is 51.8 Å². The molecule has 1 heterocycles. The second kappa shape index (κ2) is 5.82. The van der Waals surface area contributed by atoms with Gasteiger partial charge in [0, 0.05) is 35.9 Å². The van der Waals surface area contributed by atoms with E-state index >= 15 is 0 Å². The van der Waals surface area contributed by atoms with Crippen LogP contribution < -0.4 is 5.32 Å². The van der Waals surface area contributed by atoms with Gasteiger partial charge < -0.3 is 5.32 Å². The average Bonchev–Trinajstić information content (AvgIpc) is 3.25. The Hall–Kier alpha value is -1.32. The summed E-state index contributed by atoms with van der Waals surface area (Å²) in [7, 11) is 2.00. The highest BCUT2D eigenvalue weighted by molar-refractivity contribution is 6.30. The largest absolute Gasteiger partial charge is 0.305 e. The quantitative estimate of drug-likeness (QED) is 0.907. The highest BCUT2D eigenvalue weighted by Crippen LogP contribution is 2.41. The minimum absolute atomic E-state index is 0.418. The Balaban J connectivity index is 1.75. The first-order valence-electron chi connectivity index (χ1n) is 7.54. The Morgan fingerprint density at radius 1 is 1.29 bits per heavy atom. The van der Waals surface area contributed by atoms with E-state index in [-0.39, 0.29) is 0 Å². The van der Waals surface area contributed by atoms with Gasteiger partial charge in [-0.2, -0.15) is 5.10 Å². The van der Waals surface area contributed by atoms with Crippen LogP contribution in [-0.4, -0.2) is 9.78 Å². The smallest absolute Gasteiger partial charge is 0.0641 e. The molecule has 1 atom stereocenters. The molecule has 0 amide bonds. The topological polar surface area (TPSA) is 29.9 Å². The van der Waals surface area contributed by atoms with E-state index in [2.05, 4.69) is 36.4 Å². The predicted octanol–water partition coefficient (Wildman–Crippen LogP) is 3.93. The van der Waals surface area contributed by atoms with Crippen molar-refractivity contribution >= 4 is 11.6 Å². The highest BCUT2D eigenvalue weighted by Gasteiger charge is 2.32. The second-order valence-corrected chi connectivity index (χ2v) is 6.46. The van der Waals surface area contributed by atoms with E-state index in [4.69, 9.17) is 11.6 Å². The molecular formula is C17H22ClN3. The van der Waals surface area contributed by atoms with Crippen molar-refractivity contribution in [2.75, 3.05) is 0 Å². The second-order valence-electron chi connectivity index (χ2n) is 6.02. The predicted molar refractivity (Wildman–Crippen MR) is 86.4 cm³/mol. The van der Waals surface area contributed by atoms with Gasteiger partial charge in [-0.1, -0.05) is 23.7 Å². The highest BCUT2D eigenvalue weighted by atomic mass is 35.5. The fourth-order valence-electron chi connectivity index (χ4n) is 2.94. The molecule has 0 radical (unpaired) electrons. The van der Waals surface area contributed by atoms with Gasteiger partial charge >= 0.3 is 0 Å². The lowest BCUT2D eigenvalue weighted by Gasteiger charge is -2.19. The summed E-state index contributed by atoms with van der Waals surface area (Å²) in [5, 5.41) is 9.02. The maximum absolute atomic E-state index is 6.00. The van der Waals surface area contributed by atoms with E-state index in [0.29, 0.717) is 6.04 Å². The summed E-state index contributed by atoms with van der Waals surface area (Å²) in [4.78, 5) is 0. The van der Waals surface area contributed by atoms with Crippen molar-refractivity contribution in [2.24, 2.45) is 13.0 Å². The molecule has 0 saturated heterocycles. The van der Waals surface area contributed by atoms with Gasteiger partial charge in [0.25, 0.3) is 0 Å². The summed E-state index contributed by atoms with van der Waals surface area (Å²) < 4.78 is 1.96. The monoisotopic (exact) mass is 303 g/mol. The van der Waals surface area contributed by atoms with Crippen molar-refractivity contribution in [1.82, 2.24) is 15.1 Å². The number of aromatic nitrogens is 2. The Bertz CT molecular complexity index is 626. The van der Waals surface area contributed by atoms with Crippen LogP contribution in [0.2, 0.25) is 5.02 Å². The molecule has 0 bridgehead atoms. The fraction of sp³-hybridized carbons (Fsp3) is 0.471. The molecule has 1 aliphatic carbocycles. The zero-order valence-corrected chi connectivity index (χ0v) is 13.6. The third kappa shape index (κ3) is 3.14. The molecule has 2 aromatic rings. The number of benzene rings is 1. The minimum atomic E-state index is 0.418. The van der Waals surface area contributed by atoms with Gasteiger partial charge in [0.2, 0.25) is 0 Å². The van der Waals surface area contributed by atoms with Gasteiger partial charge in [-0.15, -0.1) is 0 Å². The number of nitrogens with zero attached hydrogens (tertiary/aromatic N) is 2. The third-order valence-electron chi connectivity index (χ3n) is 4.48. The van der Waals surface area contributed by atoms with Crippen LogP contribution in [0.15, 0.2) is 24.3 Å². The lowest BCUT2D eigenvalue weighted by atomic mass is 10.0. The Morgan fingerprint density at radius 3 is 2.48 bits per heavy atom. The van der Waals surface area contributed by atoms with Crippen LogP contribution in [-0.2, 0) is 13.6 Å². The number of hydrogen-bond donors (Lipinski definition) is 1. The molecule has 0 aliphatic heterocycles. The van der Waals surface area contributed by atoms with Crippen LogP contribution in [0.1, 0.15) is 41.4 Å². The summed E-state index contributed by atoms with van der Waals surface area (Å²) in [6, 6.07) is 8.66. The molecule has 1 aromatic heterocycles. The Labute approximate surface area is 131 Å². The lowest BCUT2D eigenvalue weighted by Crippen LogP contribution is -2.23. The summed E-state index contributed by atoms with van der Waals surface area (Å²) >= 11 is 6.00. The number of rotatable bonds is 5. The minimum Gasteiger partial charge on any atom is -0.305 e. The number of hydrogen-bond acceptors (Lipinski definition) is 2. The van der Waals surface area contributed by atoms with Crippen molar-refractivity contribution in [2.45, 2.75) is 39.3 Å². The molecule has 1 aromatic carbocycles. The maximum Gasteiger partial charge on any atom is 0.0641 e. The average molecular weight is 304 g/mol. The summed E-state index contributed by atoms with van der Waals surface area (Å²) in [5.41, 5.74) is 5.01. The molecule has 0 spiro atoms. The molecule has 1 aliphatic rings. The van der Waals surface area contributed by atoms with Crippen LogP contribution in [0.25, 0.3) is 0 Å². The zero-order valence-electron chi connectivity index (χ0n) is 12.9. The van der Waals surface area contributed by atoms with Crippen LogP contribution in [0.4, 0.5) is 0 Å². The van der Waals surface area contributed by atoms with Crippen molar-refractivity contribution in [3.8, 4) is 0 Å². The van der Waals surface area contributed by atoms with E-state index in [0.717, 1.165) is 23.2 Å². The molecular weight excluding hydrogens is 282 g/mol. The van der Waals surface area contributed by atoms with Gasteiger partial charge in [-0.3, -0.25) is 4.68 Å². The van der Waals surface area contributed by atoms with Gasteiger partial charge in [0.1, 0.15) is 0 Å². The fourth-order valence-corrected chi connectivity index (χ4v) is 3.07. The molecule has 1 fully saturated rings. The summed E-state index contributed by atoms with van der Waals surface area (Å²) in [5.74, 6) is 0.753. The van der Waals surface area contributed by atoms with Crippen LogP contribution in [0.3, 0.4) is 0 Å². The van der Waals surface area contributed by atoms with E-state index in [1.165, 1.54) is 29.7 Å². The van der Waals surface area contributed by atoms with Crippen molar-refractivity contribution in [1.29, 1.82) is 0 Å². The van der Waals surface area contributed by atoms with E-state index in [1.807, 2.05) is 23.9 Å². The number of aryl methyl sites for hydroxylation is 2. The molecule has 112 valence electrons. The number of halogens is 1. The van der Waals surface area contributed by atoms with Gasteiger partial charge in [-0.05, 0) is 50.3 Å². The molecule has 1 unspecified atom stereocenters. The molecule has 1 saturated carbocycles. The normalized spacial score (nSPS) is 16.2. The van der Waals surface area contributed by atoms with Gasteiger partial charge in [0.05, 0.1) is 5.69 Å². The Kier molecular flexibility index (Phi) is 4.05. The van der Waals surface area contributed by atoms with E-state index < -0.39 is 0 Å². The molecule has 3 nitrogen and oxygen atoms in total. The SMILES string of the molecule is Cc1nn(C)c(C)c1CNC(c1ccc(Cl)cc1)C1CC1. The molecule has 21 heavy (non-hydrogen) atoms. The Morgan fingerprint density at radius 2 is 1.95 bits per heavy atom. The first kappa shape index (κ1) is 14.6. The van der Waals surface area contributed by atoms with Crippen LogP contribution in [0.5, 0.6) is 0 Å². The van der Waals surface area contributed by atoms with E-state index in [9.17, 15) is 0 Å². The lowest BCUT2D eigenvalue weighted by molar-refractivity contribution is 0.479. The number of nitrogens with one attached hydrogen (secondary N) is 1. The van der Waals surface area contributed by atoms with Crippen molar-refractivity contribution in [3.63, 3.8) is 0 Å². The summed E-state index contributed by atoms with van der Waals surface area (Å²) in [6.07, 6.45) is 2.62. The van der Waals surface area contributed by atoms with Gasteiger partial charge in [0.15, 0.2) is 0 Å². The molecule has 3 rings (SSSR count). The zero-order chi connectivity index (χ0) is 15.0. The maximum atomic E-state index is 6.00. The van der Waals surface area contributed by atoms with E-state index in [1.54, 1.807) is 0 Å². The van der Waals surface area contributed by atoms with Crippen molar-refractivity contribution < 1.29 is 0 Å². The standard InChI is InChI=1S/C17H22ClN3/c1-11-16(12(2)21(3)20-11)10-19-17(13-4-5-13)14-6-8-15(18)9-7-14/h6-9,13,17,19H,4-5,10H2,1-3H3. The molecule has 4 heteroatoms. The first-order valence-corrected chi connectivity index (χ1v) is 7.92. The summed E-state index contributed by atoms with van der Waals surface area (Å²) in [6.45, 7) is 5.08.